The van der Waals surface area contributed by atoms with Gasteiger partial charge in [0, 0.05) is 16.1 Å². The van der Waals surface area contributed by atoms with Crippen molar-refractivity contribution in [1.29, 1.82) is 0 Å². The van der Waals surface area contributed by atoms with E-state index >= 15 is 0 Å². The molecule has 2 radical (unpaired) electrons. The molecular formula is C3H8OSi. The van der Waals surface area contributed by atoms with Crippen LogP contribution in [-0.2, 0) is 0 Å². The summed E-state index contributed by atoms with van der Waals surface area (Å²) in [5.74, 6) is 0. The minimum Gasteiger partial charge on any atom is -0.397 e. The van der Waals surface area contributed by atoms with Crippen LogP contribution in [0.25, 0.3) is 0 Å². The van der Waals surface area contributed by atoms with Crippen molar-refractivity contribution in [1.82, 2.24) is 0 Å². The monoisotopic (exact) mass is 88.0 g/mol. The quantitative estimate of drug-likeness (QED) is 0.476. The number of aliphatic hydroxyl groups excluding tert-OH is 1. The number of rotatable bonds is 2. The SMILES string of the molecule is C[Si]CCO. The zero-order valence-corrected chi connectivity index (χ0v) is 4.36. The second kappa shape index (κ2) is 4.18. The highest BCUT2D eigenvalue weighted by atomic mass is 28.2. The van der Waals surface area contributed by atoms with Crippen molar-refractivity contribution in [2.75, 3.05) is 6.61 Å². The third-order valence-corrected chi connectivity index (χ3v) is 1.09. The molecule has 1 N–H and O–H groups in total. The predicted octanol–water partition coefficient (Wildman–Crippen LogP) is 0.149. The molecule has 0 spiro atoms. The molecule has 0 atom stereocenters. The fourth-order valence-corrected chi connectivity index (χ4v) is 0.335. The summed E-state index contributed by atoms with van der Waals surface area (Å²) in [6.07, 6.45) is 0. The van der Waals surface area contributed by atoms with Crippen LogP contribution in [0.1, 0.15) is 0 Å². The topological polar surface area (TPSA) is 20.2 Å². The first-order valence-corrected chi connectivity index (χ1v) is 3.38. The van der Waals surface area contributed by atoms with Gasteiger partial charge in [-0.2, -0.15) is 0 Å². The second-order valence-electron chi connectivity index (χ2n) is 0.827. The maximum absolute atomic E-state index is 8.07. The summed E-state index contributed by atoms with van der Waals surface area (Å²) >= 11 is 0. The molecule has 0 aliphatic rings. The number of hydrogen-bond donors (Lipinski definition) is 1. The van der Waals surface area contributed by atoms with Crippen molar-refractivity contribution >= 4 is 9.52 Å². The molecule has 0 aliphatic carbocycles. The Balaban J connectivity index is 2.19. The van der Waals surface area contributed by atoms with Gasteiger partial charge in [-0.3, -0.25) is 0 Å². The van der Waals surface area contributed by atoms with Crippen molar-refractivity contribution < 1.29 is 5.11 Å². The van der Waals surface area contributed by atoms with E-state index in [1.807, 2.05) is 0 Å². The van der Waals surface area contributed by atoms with Gasteiger partial charge < -0.3 is 5.11 Å². The summed E-state index contributed by atoms with van der Waals surface area (Å²) in [6.45, 7) is 2.44. The molecule has 0 saturated carbocycles. The smallest absolute Gasteiger partial charge is 0.0403 e. The van der Waals surface area contributed by atoms with Crippen LogP contribution in [-0.4, -0.2) is 21.2 Å². The van der Waals surface area contributed by atoms with Gasteiger partial charge in [0.2, 0.25) is 0 Å². The molecule has 2 heteroatoms. The van der Waals surface area contributed by atoms with E-state index < -0.39 is 0 Å². The molecule has 0 amide bonds. The first-order valence-electron chi connectivity index (χ1n) is 1.67. The lowest BCUT2D eigenvalue weighted by Gasteiger charge is -1.77. The molecule has 1 nitrogen and oxygen atoms in total. The van der Waals surface area contributed by atoms with Crippen LogP contribution < -0.4 is 0 Å². The van der Waals surface area contributed by atoms with Crippen LogP contribution in [0.5, 0.6) is 0 Å². The summed E-state index contributed by atoms with van der Waals surface area (Å²) < 4.78 is 0. The van der Waals surface area contributed by atoms with Crippen molar-refractivity contribution in [3.05, 3.63) is 0 Å². The lowest BCUT2D eigenvalue weighted by molar-refractivity contribution is 0.318. The average Bonchev–Trinajstić information content (AvgIpc) is 1.41. The van der Waals surface area contributed by atoms with Gasteiger partial charge >= 0.3 is 0 Å². The summed E-state index contributed by atoms with van der Waals surface area (Å²) in [7, 11) is 0.908. The second-order valence-corrected chi connectivity index (χ2v) is 2.03. The molecule has 0 aromatic heterocycles. The van der Waals surface area contributed by atoms with Crippen molar-refractivity contribution in [2.45, 2.75) is 12.6 Å². The average molecular weight is 88.2 g/mol. The Morgan fingerprint density at radius 3 is 2.40 bits per heavy atom. The zero-order valence-electron chi connectivity index (χ0n) is 3.36. The highest BCUT2D eigenvalue weighted by molar-refractivity contribution is 6.33. The Morgan fingerprint density at radius 1 is 1.80 bits per heavy atom. The van der Waals surface area contributed by atoms with E-state index in [9.17, 15) is 0 Å². The lowest BCUT2D eigenvalue weighted by atomic mass is 10.9. The van der Waals surface area contributed by atoms with Gasteiger partial charge in [-0.1, -0.05) is 6.55 Å². The Labute approximate surface area is 34.8 Å². The van der Waals surface area contributed by atoms with Crippen molar-refractivity contribution in [2.24, 2.45) is 0 Å². The van der Waals surface area contributed by atoms with Crippen LogP contribution >= 0.6 is 0 Å². The molecule has 0 aliphatic heterocycles. The maximum atomic E-state index is 8.07. The number of hydrogen-bond acceptors (Lipinski definition) is 1. The van der Waals surface area contributed by atoms with E-state index in [-0.39, 0.29) is 0 Å². The van der Waals surface area contributed by atoms with E-state index in [0.717, 1.165) is 15.6 Å². The van der Waals surface area contributed by atoms with Gasteiger partial charge in [0.1, 0.15) is 0 Å². The van der Waals surface area contributed by atoms with Crippen LogP contribution in [0, 0.1) is 0 Å². The minimum atomic E-state index is 0.356. The molecule has 0 aromatic carbocycles. The first-order chi connectivity index (χ1) is 2.41. The van der Waals surface area contributed by atoms with Gasteiger partial charge in [-0.25, -0.2) is 0 Å². The Bertz CT molecular complexity index is 14.4. The van der Waals surface area contributed by atoms with Gasteiger partial charge in [-0.05, 0) is 6.04 Å². The lowest BCUT2D eigenvalue weighted by Crippen LogP contribution is -1.83. The van der Waals surface area contributed by atoms with E-state index in [2.05, 4.69) is 6.55 Å². The maximum Gasteiger partial charge on any atom is 0.0403 e. The fourth-order valence-electron chi connectivity index (χ4n) is 0.112. The van der Waals surface area contributed by atoms with Gasteiger partial charge in [0.05, 0.1) is 0 Å². The normalized spacial score (nSPS) is 8.40. The van der Waals surface area contributed by atoms with Crippen LogP contribution in [0.4, 0.5) is 0 Å². The molecule has 0 rings (SSSR count). The molecule has 0 unspecified atom stereocenters. The molecule has 0 fully saturated rings. The van der Waals surface area contributed by atoms with Crippen molar-refractivity contribution in [3.8, 4) is 0 Å². The van der Waals surface area contributed by atoms with E-state index in [0.29, 0.717) is 6.61 Å². The third-order valence-electron chi connectivity index (χ3n) is 0.362. The summed E-state index contributed by atoms with van der Waals surface area (Å²) in [5.41, 5.74) is 0. The minimum absolute atomic E-state index is 0.356. The van der Waals surface area contributed by atoms with Crippen molar-refractivity contribution in [3.63, 3.8) is 0 Å². The summed E-state index contributed by atoms with van der Waals surface area (Å²) in [5, 5.41) is 8.07. The van der Waals surface area contributed by atoms with Gasteiger partial charge in [0.15, 0.2) is 0 Å². The van der Waals surface area contributed by atoms with Gasteiger partial charge in [-0.15, -0.1) is 0 Å². The van der Waals surface area contributed by atoms with Crippen LogP contribution in [0.3, 0.4) is 0 Å². The number of aliphatic hydroxyl groups is 1. The fraction of sp³-hybridized carbons (Fsp3) is 1.00. The molecule has 5 heavy (non-hydrogen) atoms. The Hall–Kier alpha value is 0.177. The highest BCUT2D eigenvalue weighted by Gasteiger charge is 1.71. The zero-order chi connectivity index (χ0) is 4.12. The Morgan fingerprint density at radius 2 is 2.40 bits per heavy atom. The van der Waals surface area contributed by atoms with Gasteiger partial charge in [0.25, 0.3) is 0 Å². The summed E-state index contributed by atoms with van der Waals surface area (Å²) in [6, 6.07) is 0.972. The standard InChI is InChI=1S/C3H8OSi/c1-5-3-2-4/h4H,2-3H2,1H3. The Kier molecular flexibility index (Phi) is 4.32. The summed E-state index contributed by atoms with van der Waals surface area (Å²) in [4.78, 5) is 0. The van der Waals surface area contributed by atoms with E-state index in [4.69, 9.17) is 5.11 Å². The third kappa shape index (κ3) is 4.18. The predicted molar refractivity (Wildman–Crippen MR) is 23.5 cm³/mol. The van der Waals surface area contributed by atoms with Crippen LogP contribution in [0.15, 0.2) is 0 Å². The molecule has 0 aromatic rings. The molecule has 0 saturated heterocycles. The largest absolute Gasteiger partial charge is 0.397 e. The molecule has 30 valence electrons. The van der Waals surface area contributed by atoms with E-state index in [1.54, 1.807) is 0 Å². The van der Waals surface area contributed by atoms with E-state index in [1.165, 1.54) is 0 Å². The molecular weight excluding hydrogens is 80.1 g/mol. The van der Waals surface area contributed by atoms with Crippen LogP contribution in [0.2, 0.25) is 12.6 Å². The molecule has 0 heterocycles. The first kappa shape index (κ1) is 5.18. The molecule has 0 bridgehead atoms. The highest BCUT2D eigenvalue weighted by Crippen LogP contribution is 1.68.